The fraction of sp³-hybridized carbons (Fsp3) is 0.550. The van der Waals surface area contributed by atoms with Crippen molar-refractivity contribution in [3.63, 3.8) is 0 Å². The highest BCUT2D eigenvalue weighted by atomic mass is 16.7. The Labute approximate surface area is 169 Å². The minimum atomic E-state index is -0.957. The lowest BCUT2D eigenvalue weighted by molar-refractivity contribution is -0.267. The highest BCUT2D eigenvalue weighted by Crippen LogP contribution is 2.33. The van der Waals surface area contributed by atoms with Crippen molar-refractivity contribution in [1.29, 1.82) is 0 Å². The molecule has 0 amide bonds. The van der Waals surface area contributed by atoms with Crippen LogP contribution < -0.4 is 9.47 Å². The van der Waals surface area contributed by atoms with Gasteiger partial charge in [-0.1, -0.05) is 6.92 Å². The van der Waals surface area contributed by atoms with Gasteiger partial charge in [-0.15, -0.1) is 0 Å². The van der Waals surface area contributed by atoms with E-state index < -0.39 is 48.4 Å². The fourth-order valence-electron chi connectivity index (χ4n) is 3.00. The fourth-order valence-corrected chi connectivity index (χ4v) is 3.00. The first-order valence-corrected chi connectivity index (χ1v) is 9.15. The average Bonchev–Trinajstić information content (AvgIpc) is 2.65. The lowest BCUT2D eigenvalue weighted by Gasteiger charge is -2.43. The van der Waals surface area contributed by atoms with Crippen molar-refractivity contribution in [1.82, 2.24) is 0 Å². The molecule has 0 bridgehead atoms. The summed E-state index contributed by atoms with van der Waals surface area (Å²) in [4.78, 5) is 34.5. The van der Waals surface area contributed by atoms with E-state index in [2.05, 4.69) is 0 Å². The molecule has 1 fully saturated rings. The maximum Gasteiger partial charge on any atom is 0.303 e. The zero-order valence-corrected chi connectivity index (χ0v) is 17.1. The summed E-state index contributed by atoms with van der Waals surface area (Å²) in [7, 11) is 1.56. The molecule has 2 rings (SSSR count). The van der Waals surface area contributed by atoms with Crippen molar-refractivity contribution in [2.24, 2.45) is 5.92 Å². The van der Waals surface area contributed by atoms with Crippen LogP contribution in [0.2, 0.25) is 0 Å². The second kappa shape index (κ2) is 10.1. The van der Waals surface area contributed by atoms with E-state index in [9.17, 15) is 14.4 Å². The molecule has 0 N–H and O–H groups in total. The second-order valence-corrected chi connectivity index (χ2v) is 6.65. The topological polar surface area (TPSA) is 107 Å². The Morgan fingerprint density at radius 3 is 1.97 bits per heavy atom. The van der Waals surface area contributed by atoms with E-state index in [-0.39, 0.29) is 6.61 Å². The Morgan fingerprint density at radius 2 is 1.45 bits per heavy atom. The van der Waals surface area contributed by atoms with E-state index >= 15 is 0 Å². The van der Waals surface area contributed by atoms with E-state index in [4.69, 9.17) is 28.4 Å². The van der Waals surface area contributed by atoms with E-state index in [1.165, 1.54) is 20.8 Å². The SMILES string of the molecule is COc1ccc(OC2OC(COC(C)=O)C(OC(C)=O)C(OC(C)=O)C2C)cc1. The zero-order valence-electron chi connectivity index (χ0n) is 17.1. The lowest BCUT2D eigenvalue weighted by Crippen LogP contribution is -2.59. The summed E-state index contributed by atoms with van der Waals surface area (Å²) >= 11 is 0. The van der Waals surface area contributed by atoms with Crippen molar-refractivity contribution < 1.29 is 42.8 Å². The second-order valence-electron chi connectivity index (χ2n) is 6.65. The van der Waals surface area contributed by atoms with Crippen molar-refractivity contribution >= 4 is 17.9 Å². The van der Waals surface area contributed by atoms with E-state index in [1.54, 1.807) is 38.3 Å². The van der Waals surface area contributed by atoms with Crippen LogP contribution in [0.3, 0.4) is 0 Å². The molecule has 1 aliphatic rings. The van der Waals surface area contributed by atoms with E-state index in [1.807, 2.05) is 0 Å². The number of hydrogen-bond acceptors (Lipinski definition) is 9. The maximum absolute atomic E-state index is 11.7. The first kappa shape index (κ1) is 22.5. The molecule has 0 aromatic heterocycles. The van der Waals surface area contributed by atoms with Crippen LogP contribution >= 0.6 is 0 Å². The molecule has 5 unspecified atom stereocenters. The summed E-state index contributed by atoms with van der Waals surface area (Å²) in [6, 6.07) is 6.86. The molecule has 160 valence electrons. The summed E-state index contributed by atoms with van der Waals surface area (Å²) in [5.41, 5.74) is 0. The molecule has 9 nitrogen and oxygen atoms in total. The summed E-state index contributed by atoms with van der Waals surface area (Å²) < 4.78 is 32.8. The summed E-state index contributed by atoms with van der Waals surface area (Å²) in [5, 5.41) is 0. The molecule has 29 heavy (non-hydrogen) atoms. The van der Waals surface area contributed by atoms with Gasteiger partial charge in [0.25, 0.3) is 0 Å². The van der Waals surface area contributed by atoms with Gasteiger partial charge in [-0.05, 0) is 24.3 Å². The van der Waals surface area contributed by atoms with Crippen LogP contribution in [0, 0.1) is 5.92 Å². The number of ether oxygens (including phenoxy) is 6. The Morgan fingerprint density at radius 1 is 0.897 bits per heavy atom. The van der Waals surface area contributed by atoms with Gasteiger partial charge < -0.3 is 28.4 Å². The molecule has 5 atom stereocenters. The molecular weight excluding hydrogens is 384 g/mol. The largest absolute Gasteiger partial charge is 0.497 e. The monoisotopic (exact) mass is 410 g/mol. The third-order valence-electron chi connectivity index (χ3n) is 4.31. The number of rotatable bonds is 7. The molecule has 1 saturated heterocycles. The average molecular weight is 410 g/mol. The molecule has 0 radical (unpaired) electrons. The zero-order chi connectivity index (χ0) is 21.6. The Balaban J connectivity index is 2.27. The molecule has 1 aromatic carbocycles. The van der Waals surface area contributed by atoms with Crippen LogP contribution in [-0.4, -0.2) is 56.2 Å². The van der Waals surface area contributed by atoms with Crippen LogP contribution in [0.25, 0.3) is 0 Å². The Hall–Kier alpha value is -2.81. The van der Waals surface area contributed by atoms with Crippen molar-refractivity contribution in [2.45, 2.75) is 52.3 Å². The van der Waals surface area contributed by atoms with Gasteiger partial charge in [-0.25, -0.2) is 0 Å². The number of esters is 3. The molecule has 1 aliphatic heterocycles. The van der Waals surface area contributed by atoms with Crippen LogP contribution in [0.15, 0.2) is 24.3 Å². The predicted molar refractivity (Wildman–Crippen MR) is 99.2 cm³/mol. The van der Waals surface area contributed by atoms with Crippen LogP contribution in [0.1, 0.15) is 27.7 Å². The number of hydrogen-bond donors (Lipinski definition) is 0. The molecule has 0 saturated carbocycles. The van der Waals surface area contributed by atoms with Crippen molar-refractivity contribution in [3.05, 3.63) is 24.3 Å². The normalized spacial score (nSPS) is 26.2. The Kier molecular flexibility index (Phi) is 7.83. The number of methoxy groups -OCH3 is 1. The lowest BCUT2D eigenvalue weighted by atomic mass is 9.92. The summed E-state index contributed by atoms with van der Waals surface area (Å²) in [6.07, 6.45) is -3.54. The molecule has 1 aromatic rings. The highest BCUT2D eigenvalue weighted by molar-refractivity contribution is 5.67. The van der Waals surface area contributed by atoms with Gasteiger partial charge in [-0.3, -0.25) is 14.4 Å². The molecule has 0 aliphatic carbocycles. The van der Waals surface area contributed by atoms with Gasteiger partial charge in [0.15, 0.2) is 6.10 Å². The first-order chi connectivity index (χ1) is 13.7. The van der Waals surface area contributed by atoms with Gasteiger partial charge in [0.1, 0.15) is 30.3 Å². The highest BCUT2D eigenvalue weighted by Gasteiger charge is 2.49. The minimum absolute atomic E-state index is 0.194. The third-order valence-corrected chi connectivity index (χ3v) is 4.31. The van der Waals surface area contributed by atoms with E-state index in [0.717, 1.165) is 0 Å². The van der Waals surface area contributed by atoms with Gasteiger partial charge >= 0.3 is 17.9 Å². The van der Waals surface area contributed by atoms with Crippen LogP contribution in [0.4, 0.5) is 0 Å². The maximum atomic E-state index is 11.7. The third kappa shape index (κ3) is 6.35. The summed E-state index contributed by atoms with van der Waals surface area (Å²) in [5.74, 6) is -0.971. The number of carbonyl (C=O) groups excluding carboxylic acids is 3. The van der Waals surface area contributed by atoms with Crippen LogP contribution in [0.5, 0.6) is 11.5 Å². The Bertz CT molecular complexity index is 715. The van der Waals surface area contributed by atoms with Crippen molar-refractivity contribution in [2.75, 3.05) is 13.7 Å². The minimum Gasteiger partial charge on any atom is -0.497 e. The van der Waals surface area contributed by atoms with Crippen LogP contribution in [-0.2, 0) is 33.3 Å². The number of carbonyl (C=O) groups is 3. The van der Waals surface area contributed by atoms with E-state index in [0.29, 0.717) is 11.5 Å². The standard InChI is InChI=1S/C20H26O9/c1-11-18(26-13(3)22)19(27-14(4)23)17(10-25-12(2)21)29-20(11)28-16-8-6-15(24-5)7-9-16/h6-9,11,17-20H,10H2,1-5H3. The van der Waals surface area contributed by atoms with Gasteiger partial charge in [-0.2, -0.15) is 0 Å². The number of benzene rings is 1. The summed E-state index contributed by atoms with van der Waals surface area (Å²) in [6.45, 7) is 5.30. The molecule has 1 heterocycles. The quantitative estimate of drug-likeness (QED) is 0.492. The van der Waals surface area contributed by atoms with Gasteiger partial charge in [0, 0.05) is 20.8 Å². The molecular formula is C20H26O9. The predicted octanol–water partition coefficient (Wildman–Crippen LogP) is 1.86. The molecule has 9 heteroatoms. The van der Waals surface area contributed by atoms with Gasteiger partial charge in [0.2, 0.25) is 6.29 Å². The smallest absolute Gasteiger partial charge is 0.303 e. The molecule has 0 spiro atoms. The van der Waals surface area contributed by atoms with Gasteiger partial charge in [0.05, 0.1) is 13.0 Å². The first-order valence-electron chi connectivity index (χ1n) is 9.15. The van der Waals surface area contributed by atoms with Crippen molar-refractivity contribution in [3.8, 4) is 11.5 Å².